The van der Waals surface area contributed by atoms with Crippen molar-refractivity contribution >= 4 is 23.5 Å². The zero-order chi connectivity index (χ0) is 36.0. The van der Waals surface area contributed by atoms with Crippen molar-refractivity contribution < 1.29 is 28.7 Å². The highest BCUT2D eigenvalue weighted by Crippen LogP contribution is 2.67. The summed E-state index contributed by atoms with van der Waals surface area (Å²) in [5, 5.41) is 0. The summed E-state index contributed by atoms with van der Waals surface area (Å²) in [6, 6.07) is 0. The van der Waals surface area contributed by atoms with E-state index in [2.05, 4.69) is 46.9 Å². The molecular formula is C44H58O6. The molecule has 8 rings (SSSR count). The van der Waals surface area contributed by atoms with E-state index in [1.165, 1.54) is 31.4 Å². The molecule has 50 heavy (non-hydrogen) atoms. The van der Waals surface area contributed by atoms with Gasteiger partial charge in [0.2, 0.25) is 0 Å². The van der Waals surface area contributed by atoms with Gasteiger partial charge in [0.25, 0.3) is 0 Å². The molecule has 0 radical (unpaired) electrons. The highest BCUT2D eigenvalue weighted by molar-refractivity contribution is 6.02. The first kappa shape index (κ1) is 35.4. The molecule has 0 aromatic rings. The van der Waals surface area contributed by atoms with E-state index in [1.807, 2.05) is 12.2 Å². The van der Waals surface area contributed by atoms with Crippen molar-refractivity contribution in [2.24, 2.45) is 57.2 Å². The van der Waals surface area contributed by atoms with Crippen LogP contribution < -0.4 is 0 Å². The third kappa shape index (κ3) is 5.40. The Morgan fingerprint density at radius 1 is 0.680 bits per heavy atom. The maximum absolute atomic E-state index is 12.0. The summed E-state index contributed by atoms with van der Waals surface area (Å²) in [4.78, 5) is 47.0. The lowest BCUT2D eigenvalue weighted by atomic mass is 9.46. The zero-order valence-electron chi connectivity index (χ0n) is 31.3. The van der Waals surface area contributed by atoms with Crippen LogP contribution in [0.2, 0.25) is 0 Å². The summed E-state index contributed by atoms with van der Waals surface area (Å²) in [5.74, 6) is 3.56. The number of ether oxygens (including phenoxy) is 2. The van der Waals surface area contributed by atoms with Gasteiger partial charge >= 0.3 is 11.9 Å². The van der Waals surface area contributed by atoms with Crippen molar-refractivity contribution in [1.82, 2.24) is 0 Å². The summed E-state index contributed by atoms with van der Waals surface area (Å²) in [6.07, 6.45) is 20.1. The Hall–Kier alpha value is -3.02. The molecule has 0 bridgehead atoms. The van der Waals surface area contributed by atoms with Crippen LogP contribution in [0.25, 0.3) is 0 Å². The Labute approximate surface area is 299 Å². The fraction of sp³-hybridized carbons (Fsp3) is 0.682. The van der Waals surface area contributed by atoms with Crippen molar-refractivity contribution in [3.8, 4) is 0 Å². The van der Waals surface area contributed by atoms with E-state index in [4.69, 9.17) is 9.47 Å². The lowest BCUT2D eigenvalue weighted by Gasteiger charge is -2.58. The molecule has 8 aliphatic rings. The fourth-order valence-electron chi connectivity index (χ4n) is 13.5. The van der Waals surface area contributed by atoms with Gasteiger partial charge in [-0.1, -0.05) is 58.1 Å². The predicted octanol–water partition coefficient (Wildman–Crippen LogP) is 9.01. The van der Waals surface area contributed by atoms with Crippen LogP contribution in [-0.4, -0.2) is 35.7 Å². The van der Waals surface area contributed by atoms with Crippen LogP contribution in [-0.2, 0) is 28.7 Å². The quantitative estimate of drug-likeness (QED) is 0.270. The van der Waals surface area contributed by atoms with E-state index < -0.39 is 0 Å². The van der Waals surface area contributed by atoms with Crippen molar-refractivity contribution in [1.29, 1.82) is 0 Å². The molecule has 0 N–H and O–H groups in total. The topological polar surface area (TPSA) is 86.7 Å². The Balaban J connectivity index is 0.000000157. The average molecular weight is 683 g/mol. The Morgan fingerprint density at radius 2 is 1.20 bits per heavy atom. The van der Waals surface area contributed by atoms with E-state index in [0.29, 0.717) is 41.9 Å². The number of carbonyl (C=O) groups excluding carboxylic acids is 4. The number of hydrogen-bond donors (Lipinski definition) is 0. The van der Waals surface area contributed by atoms with Crippen molar-refractivity contribution in [2.45, 2.75) is 131 Å². The maximum Gasteiger partial charge on any atom is 0.302 e. The van der Waals surface area contributed by atoms with Crippen LogP contribution in [0.4, 0.5) is 0 Å². The van der Waals surface area contributed by atoms with Gasteiger partial charge in [0.05, 0.1) is 0 Å². The van der Waals surface area contributed by atoms with Gasteiger partial charge in [0, 0.05) is 36.5 Å². The molecule has 0 saturated heterocycles. The minimum absolute atomic E-state index is 0.0532. The molecule has 0 aromatic carbocycles. The van der Waals surface area contributed by atoms with E-state index >= 15 is 0 Å². The molecule has 6 fully saturated rings. The van der Waals surface area contributed by atoms with E-state index in [-0.39, 0.29) is 57.4 Å². The molecule has 6 nitrogen and oxygen atoms in total. The first-order valence-electron chi connectivity index (χ1n) is 19.4. The number of esters is 2. The molecule has 6 heteroatoms. The molecule has 8 aliphatic carbocycles. The summed E-state index contributed by atoms with van der Waals surface area (Å²) >= 11 is 0. The number of allylic oxidation sites excluding steroid dienone is 7. The minimum Gasteiger partial charge on any atom is -0.462 e. The van der Waals surface area contributed by atoms with Gasteiger partial charge in [0.1, 0.15) is 12.2 Å². The van der Waals surface area contributed by atoms with Gasteiger partial charge in [-0.15, -0.1) is 0 Å². The van der Waals surface area contributed by atoms with Crippen LogP contribution in [0.3, 0.4) is 0 Å². The molecule has 6 unspecified atom stereocenters. The number of hydrogen-bond acceptors (Lipinski definition) is 6. The van der Waals surface area contributed by atoms with Crippen LogP contribution in [0.1, 0.15) is 119 Å². The van der Waals surface area contributed by atoms with Crippen LogP contribution in [0, 0.1) is 57.2 Å². The van der Waals surface area contributed by atoms with Crippen molar-refractivity contribution in [3.05, 3.63) is 59.8 Å². The second-order valence-corrected chi connectivity index (χ2v) is 18.3. The Morgan fingerprint density at radius 3 is 1.76 bits per heavy atom. The molecule has 0 aliphatic heterocycles. The number of carbonyl (C=O) groups is 4. The molecule has 6 saturated carbocycles. The Bertz CT molecular complexity index is 1610. The molecule has 0 heterocycles. The normalized spacial score (nSPS) is 45.6. The number of fused-ring (bicyclic) bond motifs is 10. The van der Waals surface area contributed by atoms with Gasteiger partial charge < -0.3 is 9.47 Å². The molecule has 12 atom stereocenters. The summed E-state index contributed by atoms with van der Waals surface area (Å²) in [7, 11) is 0. The third-order valence-electron chi connectivity index (χ3n) is 15.9. The van der Waals surface area contributed by atoms with Gasteiger partial charge in [-0.05, 0) is 141 Å². The van der Waals surface area contributed by atoms with Gasteiger partial charge in [-0.2, -0.15) is 0 Å². The van der Waals surface area contributed by atoms with Gasteiger partial charge in [-0.25, -0.2) is 0 Å². The highest BCUT2D eigenvalue weighted by Gasteiger charge is 2.62. The molecule has 0 spiro atoms. The van der Waals surface area contributed by atoms with E-state index in [0.717, 1.165) is 75.4 Å². The fourth-order valence-corrected chi connectivity index (χ4v) is 13.5. The lowest BCUT2D eigenvalue weighted by Crippen LogP contribution is -2.52. The van der Waals surface area contributed by atoms with E-state index in [1.54, 1.807) is 6.08 Å². The maximum atomic E-state index is 12.0. The van der Waals surface area contributed by atoms with Gasteiger partial charge in [0.15, 0.2) is 11.6 Å². The first-order chi connectivity index (χ1) is 23.5. The SMILES string of the molecule is C=C1CC2C(CC[C@@]3(C)C2CC[C@@H]3OC(C)=O)[C@@]2(C)C=CC(=O)C=C12.C=C1CC2C(CC[C@@]3(C)C2CC[C@@H]3OC(C)=O)[C@@]2(C)CCC(=O)C=C12. The number of ketones is 2. The molecular weight excluding hydrogens is 624 g/mol. The first-order valence-corrected chi connectivity index (χ1v) is 19.4. The minimum atomic E-state index is -0.159. The summed E-state index contributed by atoms with van der Waals surface area (Å²) in [6.45, 7) is 21.1. The molecule has 270 valence electrons. The average Bonchev–Trinajstić information content (AvgIpc) is 3.55. The third-order valence-corrected chi connectivity index (χ3v) is 15.9. The highest BCUT2D eigenvalue weighted by atomic mass is 16.5. The number of rotatable bonds is 2. The second-order valence-electron chi connectivity index (χ2n) is 18.3. The smallest absolute Gasteiger partial charge is 0.302 e. The van der Waals surface area contributed by atoms with Crippen LogP contribution in [0.15, 0.2) is 59.8 Å². The predicted molar refractivity (Wildman–Crippen MR) is 193 cm³/mol. The van der Waals surface area contributed by atoms with Crippen molar-refractivity contribution in [3.63, 3.8) is 0 Å². The molecule has 0 aromatic heterocycles. The second kappa shape index (κ2) is 12.3. The standard InChI is InChI=1S/C22H30O3.C22H28O3/c2*1-13-11-16-17-5-6-20(25-14(2)23)22(17,4)10-8-18(16)21(3)9-7-15(24)12-19(13)21/h12,16-18,20H,1,5-11H2,2-4H3;7,9,12,16-18,20H,1,5-6,8,10-11H2,2-4H3/t2*16?,17?,18?,20-,21+,22-/m00/s1. The Kier molecular flexibility index (Phi) is 8.70. The van der Waals surface area contributed by atoms with E-state index in [9.17, 15) is 19.2 Å². The summed E-state index contributed by atoms with van der Waals surface area (Å²) in [5.41, 5.74) is 4.92. The largest absolute Gasteiger partial charge is 0.462 e. The van der Waals surface area contributed by atoms with Crippen molar-refractivity contribution in [2.75, 3.05) is 0 Å². The van der Waals surface area contributed by atoms with Crippen LogP contribution >= 0.6 is 0 Å². The van der Waals surface area contributed by atoms with Crippen LogP contribution in [0.5, 0.6) is 0 Å². The lowest BCUT2D eigenvalue weighted by molar-refractivity contribution is -0.157. The molecule has 0 amide bonds. The summed E-state index contributed by atoms with van der Waals surface area (Å²) < 4.78 is 11.4. The monoisotopic (exact) mass is 682 g/mol. The zero-order valence-corrected chi connectivity index (χ0v) is 31.3. The van der Waals surface area contributed by atoms with Gasteiger partial charge in [-0.3, -0.25) is 19.2 Å².